The molecule has 4 heteroatoms. The summed E-state index contributed by atoms with van der Waals surface area (Å²) in [5, 5.41) is 10.5. The lowest BCUT2D eigenvalue weighted by Gasteiger charge is -2.20. The number of phenolic OH excluding ortho intramolecular Hbond substituents is 1. The molecule has 0 saturated heterocycles. The van der Waals surface area contributed by atoms with E-state index in [0.717, 1.165) is 17.5 Å². The van der Waals surface area contributed by atoms with Crippen LogP contribution in [0.4, 0.5) is 0 Å². The minimum atomic E-state index is -0.160. The molecule has 1 aromatic rings. The molecule has 1 aromatic carbocycles. The van der Waals surface area contributed by atoms with Crippen LogP contribution in [0, 0.1) is 12.8 Å². The van der Waals surface area contributed by atoms with Gasteiger partial charge in [-0.3, -0.25) is 0 Å². The number of hydrogen-bond acceptors (Lipinski definition) is 2. The summed E-state index contributed by atoms with van der Waals surface area (Å²) in [7, 11) is 0. The van der Waals surface area contributed by atoms with Gasteiger partial charge in [0.05, 0.1) is 0 Å². The molecule has 0 aliphatic carbocycles. The monoisotopic (exact) mass is 263 g/mol. The van der Waals surface area contributed by atoms with Crippen molar-refractivity contribution < 1.29 is 5.11 Å². The van der Waals surface area contributed by atoms with Crippen LogP contribution >= 0.6 is 24.0 Å². The quantitative estimate of drug-likeness (QED) is 0.871. The highest BCUT2D eigenvalue weighted by Crippen LogP contribution is 2.33. The van der Waals surface area contributed by atoms with Crippen molar-refractivity contribution in [3.05, 3.63) is 28.3 Å². The molecule has 2 nitrogen and oxygen atoms in total. The third kappa shape index (κ3) is 3.27. The van der Waals surface area contributed by atoms with Crippen molar-refractivity contribution in [1.82, 2.24) is 0 Å². The van der Waals surface area contributed by atoms with Crippen molar-refractivity contribution in [3.63, 3.8) is 0 Å². The molecule has 2 atom stereocenters. The maximum atomic E-state index is 9.90. The van der Waals surface area contributed by atoms with Gasteiger partial charge in [-0.15, -0.1) is 12.4 Å². The number of rotatable bonds is 3. The Labute approximate surface area is 108 Å². The zero-order chi connectivity index (χ0) is 11.6. The number of phenols is 1. The standard InChI is InChI=1S/C12H18ClNO.ClH/c1-4-7(2)11(14)10-6-9(13)5-8(3)12(10)15;/h5-7,11,15H,4,14H2,1-3H3;1H/t7?,11-;/m0./s1. The van der Waals surface area contributed by atoms with Crippen LogP contribution in [0.25, 0.3) is 0 Å². The van der Waals surface area contributed by atoms with Gasteiger partial charge in [-0.05, 0) is 30.5 Å². The smallest absolute Gasteiger partial charge is 0.123 e. The number of hydrogen-bond donors (Lipinski definition) is 2. The second kappa shape index (κ2) is 6.33. The first-order valence-electron chi connectivity index (χ1n) is 5.22. The Balaban J connectivity index is 0.00000225. The Bertz CT molecular complexity index is 355. The van der Waals surface area contributed by atoms with Crippen molar-refractivity contribution in [3.8, 4) is 5.75 Å². The van der Waals surface area contributed by atoms with Crippen LogP contribution in [-0.2, 0) is 0 Å². The van der Waals surface area contributed by atoms with Gasteiger partial charge in [0, 0.05) is 16.6 Å². The molecule has 0 aromatic heterocycles. The summed E-state index contributed by atoms with van der Waals surface area (Å²) in [5.41, 5.74) is 7.59. The predicted octanol–water partition coefficient (Wildman–Crippen LogP) is 3.82. The maximum Gasteiger partial charge on any atom is 0.123 e. The van der Waals surface area contributed by atoms with Crippen molar-refractivity contribution in [2.24, 2.45) is 11.7 Å². The van der Waals surface area contributed by atoms with Gasteiger partial charge in [0.1, 0.15) is 5.75 Å². The Kier molecular flexibility index (Phi) is 6.16. The molecule has 0 spiro atoms. The fraction of sp³-hybridized carbons (Fsp3) is 0.500. The lowest BCUT2D eigenvalue weighted by Crippen LogP contribution is -2.18. The van der Waals surface area contributed by atoms with Gasteiger partial charge in [0.25, 0.3) is 0 Å². The molecule has 0 aliphatic rings. The normalized spacial score (nSPS) is 14.1. The zero-order valence-electron chi connectivity index (χ0n) is 9.83. The fourth-order valence-electron chi connectivity index (χ4n) is 1.58. The Morgan fingerprint density at radius 1 is 1.44 bits per heavy atom. The van der Waals surface area contributed by atoms with E-state index in [2.05, 4.69) is 13.8 Å². The number of aryl methyl sites for hydroxylation is 1. The summed E-state index contributed by atoms with van der Waals surface area (Å²) in [6, 6.07) is 3.33. The van der Waals surface area contributed by atoms with Crippen LogP contribution in [0.1, 0.15) is 37.4 Å². The first-order valence-corrected chi connectivity index (χ1v) is 5.59. The molecular weight excluding hydrogens is 245 g/mol. The molecule has 1 rings (SSSR count). The second-order valence-corrected chi connectivity index (χ2v) is 4.51. The molecular formula is C12H19Cl2NO. The van der Waals surface area contributed by atoms with Crippen LogP contribution in [-0.4, -0.2) is 5.11 Å². The van der Waals surface area contributed by atoms with Gasteiger partial charge < -0.3 is 10.8 Å². The minimum Gasteiger partial charge on any atom is -0.507 e. The Morgan fingerprint density at radius 2 is 2.00 bits per heavy atom. The van der Waals surface area contributed by atoms with Crippen molar-refractivity contribution in [2.75, 3.05) is 0 Å². The van der Waals surface area contributed by atoms with E-state index in [1.54, 1.807) is 12.1 Å². The van der Waals surface area contributed by atoms with Gasteiger partial charge in [0.2, 0.25) is 0 Å². The first-order chi connectivity index (χ1) is 6.97. The summed E-state index contributed by atoms with van der Waals surface area (Å²) in [6.45, 7) is 5.98. The molecule has 0 aliphatic heterocycles. The van der Waals surface area contributed by atoms with Crippen molar-refractivity contribution >= 4 is 24.0 Å². The fourth-order valence-corrected chi connectivity index (χ4v) is 1.86. The zero-order valence-corrected chi connectivity index (χ0v) is 11.4. The van der Waals surface area contributed by atoms with Gasteiger partial charge in [-0.2, -0.15) is 0 Å². The van der Waals surface area contributed by atoms with E-state index >= 15 is 0 Å². The van der Waals surface area contributed by atoms with Crippen LogP contribution in [0.15, 0.2) is 12.1 Å². The molecule has 3 N–H and O–H groups in total. The first kappa shape index (κ1) is 15.6. The summed E-state index contributed by atoms with van der Waals surface area (Å²) in [5.74, 6) is 0.598. The molecule has 16 heavy (non-hydrogen) atoms. The van der Waals surface area contributed by atoms with Crippen LogP contribution in [0.5, 0.6) is 5.75 Å². The SMILES string of the molecule is CCC(C)[C@H](N)c1cc(Cl)cc(C)c1O.Cl. The second-order valence-electron chi connectivity index (χ2n) is 4.07. The number of aromatic hydroxyl groups is 1. The molecule has 1 unspecified atom stereocenters. The maximum absolute atomic E-state index is 9.90. The largest absolute Gasteiger partial charge is 0.507 e. The highest BCUT2D eigenvalue weighted by atomic mass is 35.5. The van der Waals surface area contributed by atoms with E-state index in [1.807, 2.05) is 6.92 Å². The third-order valence-electron chi connectivity index (χ3n) is 2.91. The van der Waals surface area contributed by atoms with Gasteiger partial charge >= 0.3 is 0 Å². The molecule has 0 bridgehead atoms. The number of halogens is 2. The molecule has 0 radical (unpaired) electrons. The molecule has 0 amide bonds. The summed E-state index contributed by atoms with van der Waals surface area (Å²) in [6.07, 6.45) is 0.978. The number of benzene rings is 1. The lowest BCUT2D eigenvalue weighted by molar-refractivity contribution is 0.417. The van der Waals surface area contributed by atoms with E-state index in [1.165, 1.54) is 0 Å². The van der Waals surface area contributed by atoms with E-state index < -0.39 is 0 Å². The highest BCUT2D eigenvalue weighted by Gasteiger charge is 2.18. The van der Waals surface area contributed by atoms with Crippen LogP contribution in [0.2, 0.25) is 5.02 Å². The van der Waals surface area contributed by atoms with Gasteiger partial charge in [0.15, 0.2) is 0 Å². The van der Waals surface area contributed by atoms with Gasteiger partial charge in [-0.25, -0.2) is 0 Å². The van der Waals surface area contributed by atoms with Crippen LogP contribution < -0.4 is 5.73 Å². The average Bonchev–Trinajstić information content (AvgIpc) is 2.21. The molecule has 0 fully saturated rings. The molecule has 0 heterocycles. The molecule has 92 valence electrons. The van der Waals surface area contributed by atoms with Gasteiger partial charge in [-0.1, -0.05) is 31.9 Å². The highest BCUT2D eigenvalue weighted by molar-refractivity contribution is 6.30. The molecule has 0 saturated carbocycles. The van der Waals surface area contributed by atoms with E-state index in [9.17, 15) is 5.11 Å². The summed E-state index contributed by atoms with van der Waals surface area (Å²) >= 11 is 5.95. The predicted molar refractivity (Wildman–Crippen MR) is 71.5 cm³/mol. The lowest BCUT2D eigenvalue weighted by atomic mass is 9.92. The minimum absolute atomic E-state index is 0. The number of nitrogens with two attached hydrogens (primary N) is 1. The van der Waals surface area contributed by atoms with E-state index in [4.69, 9.17) is 17.3 Å². The van der Waals surface area contributed by atoms with E-state index in [-0.39, 0.29) is 24.2 Å². The third-order valence-corrected chi connectivity index (χ3v) is 3.13. The summed E-state index contributed by atoms with van der Waals surface area (Å²) < 4.78 is 0. The Morgan fingerprint density at radius 3 is 2.50 bits per heavy atom. The van der Waals surface area contributed by atoms with Crippen molar-refractivity contribution in [1.29, 1.82) is 0 Å². The van der Waals surface area contributed by atoms with Crippen LogP contribution in [0.3, 0.4) is 0 Å². The van der Waals surface area contributed by atoms with E-state index in [0.29, 0.717) is 10.9 Å². The summed E-state index contributed by atoms with van der Waals surface area (Å²) in [4.78, 5) is 0. The average molecular weight is 264 g/mol. The Hall–Kier alpha value is -0.440. The topological polar surface area (TPSA) is 46.2 Å². The van der Waals surface area contributed by atoms with Crippen molar-refractivity contribution in [2.45, 2.75) is 33.2 Å².